The van der Waals surface area contributed by atoms with Crippen molar-refractivity contribution in [1.29, 1.82) is 0 Å². The fraction of sp³-hybridized carbons (Fsp3) is 0.100. The molecule has 10 nitrogen and oxygen atoms in total. The number of sulfonamides is 1. The average molecular weight is 440 g/mol. The summed E-state index contributed by atoms with van der Waals surface area (Å²) < 4.78 is 34.2. The van der Waals surface area contributed by atoms with Gasteiger partial charge in [0.1, 0.15) is 0 Å². The van der Waals surface area contributed by atoms with Gasteiger partial charge in [-0.15, -0.1) is 0 Å². The molecule has 2 aromatic carbocycles. The Balaban J connectivity index is 1.53. The van der Waals surface area contributed by atoms with E-state index in [4.69, 9.17) is 4.74 Å². The molecule has 0 unspecified atom stereocenters. The van der Waals surface area contributed by atoms with Crippen LogP contribution < -0.4 is 10.0 Å². The number of nitrogens with zero attached hydrogens (tertiary/aromatic N) is 2. The van der Waals surface area contributed by atoms with Gasteiger partial charge in [-0.2, -0.15) is 5.10 Å². The molecule has 0 radical (unpaired) electrons. The van der Waals surface area contributed by atoms with Crippen molar-refractivity contribution in [2.45, 2.75) is 11.8 Å². The third kappa shape index (κ3) is 3.90. The summed E-state index contributed by atoms with van der Waals surface area (Å²) in [6.45, 7) is 1.94. The van der Waals surface area contributed by atoms with Crippen LogP contribution in [0.25, 0.3) is 5.69 Å². The van der Waals surface area contributed by atoms with Gasteiger partial charge in [0, 0.05) is 11.9 Å². The van der Waals surface area contributed by atoms with Crippen LogP contribution in [0.1, 0.15) is 38.1 Å². The van der Waals surface area contributed by atoms with E-state index in [1.807, 2.05) is 0 Å². The van der Waals surface area contributed by atoms with Gasteiger partial charge in [0.15, 0.2) is 5.69 Å². The molecule has 31 heavy (non-hydrogen) atoms. The maximum absolute atomic E-state index is 12.7. The van der Waals surface area contributed by atoms with Crippen molar-refractivity contribution >= 4 is 33.5 Å². The molecule has 1 aliphatic rings. The highest BCUT2D eigenvalue weighted by molar-refractivity contribution is 7.92. The molecule has 158 valence electrons. The van der Waals surface area contributed by atoms with E-state index in [1.54, 1.807) is 25.3 Å². The predicted octanol–water partition coefficient (Wildman–Crippen LogP) is 1.73. The van der Waals surface area contributed by atoms with Crippen LogP contribution in [0.5, 0.6) is 0 Å². The van der Waals surface area contributed by atoms with E-state index in [2.05, 4.69) is 15.1 Å². The summed E-state index contributed by atoms with van der Waals surface area (Å²) in [7, 11) is -3.99. The van der Waals surface area contributed by atoms with Crippen molar-refractivity contribution in [3.8, 4) is 5.69 Å². The van der Waals surface area contributed by atoms with Crippen LogP contribution in [-0.2, 0) is 14.8 Å². The summed E-state index contributed by atoms with van der Waals surface area (Å²) in [5.41, 5.74) is 1.19. The molecule has 1 aliphatic heterocycles. The molecule has 0 bridgehead atoms. The van der Waals surface area contributed by atoms with Crippen molar-refractivity contribution < 1.29 is 27.5 Å². The van der Waals surface area contributed by atoms with Gasteiger partial charge in [0.25, 0.3) is 21.8 Å². The number of imide groups is 1. The van der Waals surface area contributed by atoms with Gasteiger partial charge >= 0.3 is 5.97 Å². The third-order valence-corrected chi connectivity index (χ3v) is 5.85. The molecule has 3 aromatic rings. The molecule has 2 heterocycles. The molecule has 2 amide bonds. The fourth-order valence-corrected chi connectivity index (χ4v) is 4.08. The van der Waals surface area contributed by atoms with E-state index in [0.29, 0.717) is 5.69 Å². The summed E-state index contributed by atoms with van der Waals surface area (Å²) in [5, 5.41) is 6.25. The smallest absolute Gasteiger partial charge is 0.358 e. The van der Waals surface area contributed by atoms with Gasteiger partial charge in [-0.3, -0.25) is 19.6 Å². The summed E-state index contributed by atoms with van der Waals surface area (Å²) in [5.74, 6) is -1.73. The lowest BCUT2D eigenvalue weighted by Crippen LogP contribution is -2.19. The van der Waals surface area contributed by atoms with E-state index in [9.17, 15) is 22.8 Å². The molecule has 4 rings (SSSR count). The Labute approximate surface area is 176 Å². The summed E-state index contributed by atoms with van der Waals surface area (Å²) >= 11 is 0. The summed E-state index contributed by atoms with van der Waals surface area (Å²) in [4.78, 5) is 35.0. The van der Waals surface area contributed by atoms with Crippen molar-refractivity contribution in [3.63, 3.8) is 0 Å². The van der Waals surface area contributed by atoms with Gasteiger partial charge in [0.05, 0.1) is 28.3 Å². The van der Waals surface area contributed by atoms with Gasteiger partial charge < -0.3 is 4.74 Å². The standard InChI is InChI=1S/C20H16N4O6S/c1-2-30-20(27)17-9-10-24(22-17)13-5-3-12(4-6-13)23-31(28,29)14-7-8-15-16(11-14)19(26)21-18(15)25/h3-11,23H,2H2,1H3,(H,21,25,26). The van der Waals surface area contributed by atoms with Crippen LogP contribution in [0, 0.1) is 0 Å². The van der Waals surface area contributed by atoms with Crippen LogP contribution >= 0.6 is 0 Å². The number of carbonyl (C=O) groups is 3. The lowest BCUT2D eigenvalue weighted by Gasteiger charge is -2.10. The lowest BCUT2D eigenvalue weighted by molar-refractivity contribution is 0.0518. The van der Waals surface area contributed by atoms with E-state index in [1.165, 1.54) is 35.0 Å². The number of nitrogens with one attached hydrogen (secondary N) is 2. The zero-order chi connectivity index (χ0) is 22.2. The van der Waals surface area contributed by atoms with Crippen molar-refractivity contribution in [1.82, 2.24) is 15.1 Å². The second-order valence-electron chi connectivity index (χ2n) is 6.51. The third-order valence-electron chi connectivity index (χ3n) is 4.48. The Bertz CT molecular complexity index is 1310. The average Bonchev–Trinajstić information content (AvgIpc) is 3.34. The number of rotatable bonds is 6. The van der Waals surface area contributed by atoms with Crippen LogP contribution in [0.2, 0.25) is 0 Å². The Hall–Kier alpha value is -3.99. The van der Waals surface area contributed by atoms with Gasteiger partial charge in [-0.05, 0) is 55.5 Å². The number of anilines is 1. The summed E-state index contributed by atoms with van der Waals surface area (Å²) in [6, 6.07) is 11.5. The normalized spacial score (nSPS) is 12.9. The number of hydrogen-bond donors (Lipinski definition) is 2. The Morgan fingerprint density at radius 1 is 1.06 bits per heavy atom. The van der Waals surface area contributed by atoms with E-state index < -0.39 is 27.8 Å². The van der Waals surface area contributed by atoms with Crippen molar-refractivity contribution in [2.75, 3.05) is 11.3 Å². The van der Waals surface area contributed by atoms with Crippen molar-refractivity contribution in [2.24, 2.45) is 0 Å². The number of esters is 1. The van der Waals surface area contributed by atoms with Crippen molar-refractivity contribution in [3.05, 3.63) is 71.5 Å². The van der Waals surface area contributed by atoms with Crippen LogP contribution in [0.3, 0.4) is 0 Å². The van der Waals surface area contributed by atoms with Gasteiger partial charge in [-0.25, -0.2) is 17.9 Å². The highest BCUT2D eigenvalue weighted by Crippen LogP contribution is 2.23. The lowest BCUT2D eigenvalue weighted by atomic mass is 10.1. The largest absolute Gasteiger partial charge is 0.461 e. The quantitative estimate of drug-likeness (QED) is 0.440. The summed E-state index contributed by atoms with van der Waals surface area (Å²) in [6.07, 6.45) is 1.59. The molecule has 0 saturated heterocycles. The van der Waals surface area contributed by atoms with Gasteiger partial charge in [-0.1, -0.05) is 0 Å². The molecular formula is C20H16N4O6S. The monoisotopic (exact) mass is 440 g/mol. The second-order valence-corrected chi connectivity index (χ2v) is 8.19. The first kappa shape index (κ1) is 20.3. The minimum atomic E-state index is -3.99. The maximum Gasteiger partial charge on any atom is 0.358 e. The second kappa shape index (κ2) is 7.69. The molecular weight excluding hydrogens is 424 g/mol. The number of ether oxygens (including phenoxy) is 1. The minimum absolute atomic E-state index is 0.0132. The fourth-order valence-electron chi connectivity index (χ4n) is 2.99. The maximum atomic E-state index is 12.7. The van der Waals surface area contributed by atoms with Gasteiger partial charge in [0.2, 0.25) is 0 Å². The molecule has 0 fully saturated rings. The molecule has 0 saturated carbocycles. The molecule has 1 aromatic heterocycles. The zero-order valence-corrected chi connectivity index (χ0v) is 17.0. The number of fused-ring (bicyclic) bond motifs is 1. The van der Waals surface area contributed by atoms with E-state index >= 15 is 0 Å². The number of amides is 2. The molecule has 2 N–H and O–H groups in total. The predicted molar refractivity (Wildman–Crippen MR) is 109 cm³/mol. The van der Waals surface area contributed by atoms with Crippen LogP contribution in [-0.4, -0.2) is 42.6 Å². The Morgan fingerprint density at radius 2 is 1.77 bits per heavy atom. The number of carbonyl (C=O) groups excluding carboxylic acids is 3. The number of hydrogen-bond acceptors (Lipinski definition) is 7. The molecule has 0 aliphatic carbocycles. The molecule has 0 spiro atoms. The van der Waals surface area contributed by atoms with E-state index in [0.717, 1.165) is 6.07 Å². The van der Waals surface area contributed by atoms with E-state index in [-0.39, 0.29) is 34.0 Å². The minimum Gasteiger partial charge on any atom is -0.461 e. The van der Waals surface area contributed by atoms with Crippen LogP contribution in [0.4, 0.5) is 5.69 Å². The Kier molecular flexibility index (Phi) is 5.03. The highest BCUT2D eigenvalue weighted by Gasteiger charge is 2.28. The van der Waals surface area contributed by atoms with Crippen LogP contribution in [0.15, 0.2) is 59.6 Å². The Morgan fingerprint density at radius 3 is 2.48 bits per heavy atom. The molecule has 11 heteroatoms. The first-order valence-corrected chi connectivity index (χ1v) is 10.6. The number of aromatic nitrogens is 2. The first-order chi connectivity index (χ1) is 14.8. The topological polar surface area (TPSA) is 136 Å². The molecule has 0 atom stereocenters. The first-order valence-electron chi connectivity index (χ1n) is 9.14. The SMILES string of the molecule is CCOC(=O)c1ccn(-c2ccc(NS(=O)(=O)c3ccc4c(c3)C(=O)NC4=O)cc2)n1. The zero-order valence-electron chi connectivity index (χ0n) is 16.2. The number of benzene rings is 2. The highest BCUT2D eigenvalue weighted by atomic mass is 32.2.